The molecule has 162 valence electrons. The second-order valence-electron chi connectivity index (χ2n) is 9.76. The summed E-state index contributed by atoms with van der Waals surface area (Å²) in [4.78, 5) is 37.9. The van der Waals surface area contributed by atoms with Crippen molar-refractivity contribution in [3.05, 3.63) is 0 Å². The van der Waals surface area contributed by atoms with Crippen LogP contribution in [-0.4, -0.2) is 65.3 Å². The Morgan fingerprint density at radius 2 is 1.29 bits per heavy atom. The Balaban J connectivity index is 2.85. The van der Waals surface area contributed by atoms with E-state index in [0.29, 0.717) is 0 Å². The molecule has 0 aromatic rings. The number of nitrogens with zero attached hydrogens (tertiary/aromatic N) is 1. The van der Waals surface area contributed by atoms with Gasteiger partial charge in [0.1, 0.15) is 22.9 Å². The molecule has 1 fully saturated rings. The Morgan fingerprint density at radius 3 is 1.75 bits per heavy atom. The van der Waals surface area contributed by atoms with Crippen LogP contribution in [0.4, 0.5) is 14.4 Å². The molecule has 0 spiro atoms. The number of nitrogens with one attached hydrogen (secondary N) is 1. The largest absolute Gasteiger partial charge is 0.509 e. The second kappa shape index (κ2) is 8.45. The van der Waals surface area contributed by atoms with Gasteiger partial charge in [-0.2, -0.15) is 0 Å². The van der Waals surface area contributed by atoms with Crippen molar-refractivity contribution >= 4 is 18.3 Å². The number of likely N-dealkylation sites (tertiary alicyclic amines) is 1. The zero-order chi connectivity index (χ0) is 21.9. The highest BCUT2D eigenvalue weighted by Gasteiger charge is 2.41. The van der Waals surface area contributed by atoms with Crippen molar-refractivity contribution in [1.82, 2.24) is 10.2 Å². The van der Waals surface area contributed by atoms with Gasteiger partial charge < -0.3 is 29.2 Å². The second-order valence-corrected chi connectivity index (χ2v) is 9.76. The lowest BCUT2D eigenvalue weighted by atomic mass is 10.2. The summed E-state index contributed by atoms with van der Waals surface area (Å²) in [6.07, 6.45) is -2.89. The summed E-state index contributed by atoms with van der Waals surface area (Å²) in [5, 5.41) is 2.66. The Morgan fingerprint density at radius 1 is 0.786 bits per heavy atom. The number of carbonyl (C=O) groups excluding carboxylic acids is 3. The van der Waals surface area contributed by atoms with Crippen molar-refractivity contribution in [2.45, 2.75) is 91.3 Å². The minimum Gasteiger partial charge on any atom is -0.444 e. The summed E-state index contributed by atoms with van der Waals surface area (Å²) in [6.45, 7) is 15.8. The molecule has 1 aliphatic rings. The third kappa shape index (κ3) is 9.14. The minimum absolute atomic E-state index is 0.0641. The van der Waals surface area contributed by atoms with E-state index in [0.717, 1.165) is 0 Å². The molecule has 9 heteroatoms. The lowest BCUT2D eigenvalue weighted by molar-refractivity contribution is -0.0306. The Labute approximate surface area is 167 Å². The van der Waals surface area contributed by atoms with Crippen LogP contribution in [0.25, 0.3) is 0 Å². The molecule has 28 heavy (non-hydrogen) atoms. The van der Waals surface area contributed by atoms with E-state index in [2.05, 4.69) is 5.32 Å². The van der Waals surface area contributed by atoms with Gasteiger partial charge in [-0.3, -0.25) is 0 Å². The van der Waals surface area contributed by atoms with E-state index in [-0.39, 0.29) is 13.1 Å². The first-order valence-corrected chi connectivity index (χ1v) is 9.32. The fraction of sp³-hybridized carbons (Fsp3) is 0.842. The van der Waals surface area contributed by atoms with Crippen molar-refractivity contribution in [2.75, 3.05) is 13.1 Å². The third-order valence-electron chi connectivity index (χ3n) is 3.26. The number of alkyl carbamates (subject to hydrolysis) is 1. The van der Waals surface area contributed by atoms with Crippen LogP contribution in [0.1, 0.15) is 62.3 Å². The van der Waals surface area contributed by atoms with Crippen LogP contribution in [0, 0.1) is 0 Å². The molecule has 1 rings (SSSR count). The molecule has 0 saturated carbocycles. The fourth-order valence-corrected chi connectivity index (χ4v) is 2.36. The first-order chi connectivity index (χ1) is 12.5. The van der Waals surface area contributed by atoms with E-state index in [4.69, 9.17) is 18.9 Å². The van der Waals surface area contributed by atoms with Gasteiger partial charge in [-0.1, -0.05) is 0 Å². The van der Waals surface area contributed by atoms with Crippen LogP contribution in [0.2, 0.25) is 0 Å². The highest BCUT2D eigenvalue weighted by molar-refractivity contribution is 5.71. The van der Waals surface area contributed by atoms with Crippen molar-refractivity contribution < 1.29 is 33.3 Å². The maximum atomic E-state index is 12.4. The van der Waals surface area contributed by atoms with E-state index in [1.54, 1.807) is 62.3 Å². The molecule has 1 saturated heterocycles. The molecule has 0 bridgehead atoms. The maximum Gasteiger partial charge on any atom is 0.509 e. The van der Waals surface area contributed by atoms with Gasteiger partial charge in [-0.25, -0.2) is 14.4 Å². The smallest absolute Gasteiger partial charge is 0.444 e. The normalized spacial score (nSPS) is 20.4. The molecule has 1 N–H and O–H groups in total. The Bertz CT molecular complexity index is 547. The average Bonchev–Trinajstić information content (AvgIpc) is 2.75. The lowest BCUT2D eigenvalue weighted by Gasteiger charge is -2.25. The highest BCUT2D eigenvalue weighted by atomic mass is 16.7. The highest BCUT2D eigenvalue weighted by Crippen LogP contribution is 2.20. The fourth-order valence-electron chi connectivity index (χ4n) is 2.36. The van der Waals surface area contributed by atoms with Crippen molar-refractivity contribution in [3.8, 4) is 0 Å². The molecule has 0 radical (unpaired) electrons. The van der Waals surface area contributed by atoms with Crippen molar-refractivity contribution in [2.24, 2.45) is 0 Å². The van der Waals surface area contributed by atoms with Gasteiger partial charge in [-0.15, -0.1) is 0 Å². The molecule has 9 nitrogen and oxygen atoms in total. The summed E-state index contributed by atoms with van der Waals surface area (Å²) in [5.74, 6) is 0. The molecule has 1 heterocycles. The topological polar surface area (TPSA) is 103 Å². The molecule has 0 unspecified atom stereocenters. The SMILES string of the molecule is CC(C)(C)OC(=O)N[C@H]1CN(C(=O)OC(C)(C)C)C[C@@H]1OC(=O)OC(C)(C)C. The van der Waals surface area contributed by atoms with E-state index >= 15 is 0 Å². The van der Waals surface area contributed by atoms with Crippen LogP contribution < -0.4 is 5.32 Å². The predicted octanol–water partition coefficient (Wildman–Crippen LogP) is 3.45. The number of rotatable bonds is 2. The van der Waals surface area contributed by atoms with Crippen LogP contribution >= 0.6 is 0 Å². The lowest BCUT2D eigenvalue weighted by Crippen LogP contribution is -2.47. The number of ether oxygens (including phenoxy) is 4. The molecule has 2 amide bonds. The Hall–Kier alpha value is -2.19. The van der Waals surface area contributed by atoms with E-state index in [9.17, 15) is 14.4 Å². The standard InChI is InChI=1S/C19H34N2O7/c1-17(2,3)26-14(22)20-12-10-21(15(23)27-18(4,5)6)11-13(12)25-16(24)28-19(7,8)9/h12-13H,10-11H2,1-9H3,(H,20,22)/t12-,13-/m0/s1. The van der Waals surface area contributed by atoms with E-state index in [1.807, 2.05) is 0 Å². The number of hydrogen-bond donors (Lipinski definition) is 1. The molecule has 0 aliphatic carbocycles. The monoisotopic (exact) mass is 402 g/mol. The quantitative estimate of drug-likeness (QED) is 0.557. The van der Waals surface area contributed by atoms with Crippen LogP contribution in [0.15, 0.2) is 0 Å². The van der Waals surface area contributed by atoms with Crippen LogP contribution in [-0.2, 0) is 18.9 Å². The van der Waals surface area contributed by atoms with E-state index in [1.165, 1.54) is 4.90 Å². The number of hydrogen-bond acceptors (Lipinski definition) is 7. The van der Waals surface area contributed by atoms with Crippen molar-refractivity contribution in [3.63, 3.8) is 0 Å². The first-order valence-electron chi connectivity index (χ1n) is 9.32. The van der Waals surface area contributed by atoms with Gasteiger partial charge in [0.2, 0.25) is 0 Å². The van der Waals surface area contributed by atoms with Gasteiger partial charge in [-0.05, 0) is 62.3 Å². The van der Waals surface area contributed by atoms with Gasteiger partial charge in [0, 0.05) is 6.54 Å². The molecule has 1 aliphatic heterocycles. The summed E-state index contributed by atoms with van der Waals surface area (Å²) in [7, 11) is 0. The summed E-state index contributed by atoms with van der Waals surface area (Å²) in [5.41, 5.74) is -2.08. The van der Waals surface area contributed by atoms with E-state index < -0.39 is 47.3 Å². The molecule has 0 aromatic carbocycles. The zero-order valence-corrected chi connectivity index (χ0v) is 18.4. The Kier molecular flexibility index (Phi) is 7.19. The summed E-state index contributed by atoms with van der Waals surface area (Å²) in [6, 6.07) is -0.658. The molecule has 2 atom stereocenters. The third-order valence-corrected chi connectivity index (χ3v) is 3.26. The first kappa shape index (κ1) is 23.8. The maximum absolute atomic E-state index is 12.4. The van der Waals surface area contributed by atoms with Gasteiger partial charge in [0.15, 0.2) is 0 Å². The molecular formula is C19H34N2O7. The van der Waals surface area contributed by atoms with Gasteiger partial charge in [0.05, 0.1) is 12.6 Å². The summed E-state index contributed by atoms with van der Waals surface area (Å²) < 4.78 is 21.1. The number of amides is 2. The van der Waals surface area contributed by atoms with Crippen LogP contribution in [0.5, 0.6) is 0 Å². The average molecular weight is 402 g/mol. The number of carbonyl (C=O) groups is 3. The minimum atomic E-state index is -0.875. The van der Waals surface area contributed by atoms with Crippen molar-refractivity contribution in [1.29, 1.82) is 0 Å². The van der Waals surface area contributed by atoms with Gasteiger partial charge >= 0.3 is 18.3 Å². The predicted molar refractivity (Wildman–Crippen MR) is 102 cm³/mol. The zero-order valence-electron chi connectivity index (χ0n) is 18.4. The van der Waals surface area contributed by atoms with Crippen LogP contribution in [0.3, 0.4) is 0 Å². The molecular weight excluding hydrogens is 368 g/mol. The molecule has 0 aromatic heterocycles. The van der Waals surface area contributed by atoms with Gasteiger partial charge in [0.25, 0.3) is 0 Å². The summed E-state index contributed by atoms with van der Waals surface area (Å²) >= 11 is 0.